The van der Waals surface area contributed by atoms with Gasteiger partial charge in [-0.3, -0.25) is 4.79 Å². The third-order valence-electron chi connectivity index (χ3n) is 4.29. The maximum atomic E-state index is 12.7. The summed E-state index contributed by atoms with van der Waals surface area (Å²) in [5.74, 6) is 0.381. The van der Waals surface area contributed by atoms with E-state index in [-0.39, 0.29) is 23.7 Å². The lowest BCUT2D eigenvalue weighted by Gasteiger charge is -2.06. The SMILES string of the molecule is Nc1onc(-c2ccc(-c3cccc(Cl)c3)o2)c1C(=O)NCc1ccccc1Cl. The molecule has 0 spiro atoms. The van der Waals surface area contributed by atoms with Gasteiger partial charge in [0.1, 0.15) is 11.3 Å². The highest BCUT2D eigenvalue weighted by Gasteiger charge is 2.25. The zero-order valence-corrected chi connectivity index (χ0v) is 16.5. The number of nitrogens with one attached hydrogen (secondary N) is 1. The van der Waals surface area contributed by atoms with Crippen LogP contribution in [0.2, 0.25) is 10.0 Å². The van der Waals surface area contributed by atoms with Gasteiger partial charge in [-0.05, 0) is 35.9 Å². The average molecular weight is 428 g/mol. The maximum Gasteiger partial charge on any atom is 0.259 e. The summed E-state index contributed by atoms with van der Waals surface area (Å²) in [6.07, 6.45) is 0. The van der Waals surface area contributed by atoms with Gasteiger partial charge in [0.2, 0.25) is 5.88 Å². The summed E-state index contributed by atoms with van der Waals surface area (Å²) in [6, 6.07) is 17.9. The van der Waals surface area contributed by atoms with Crippen LogP contribution in [0.25, 0.3) is 22.8 Å². The molecule has 0 unspecified atom stereocenters. The molecule has 0 saturated carbocycles. The minimum Gasteiger partial charge on any atom is -0.454 e. The number of benzene rings is 2. The third kappa shape index (κ3) is 3.99. The highest BCUT2D eigenvalue weighted by molar-refractivity contribution is 6.31. The van der Waals surface area contributed by atoms with Crippen LogP contribution in [-0.4, -0.2) is 11.1 Å². The Balaban J connectivity index is 1.59. The lowest BCUT2D eigenvalue weighted by Crippen LogP contribution is -2.24. The van der Waals surface area contributed by atoms with Crippen LogP contribution in [0.15, 0.2) is 69.6 Å². The Kier molecular flexibility index (Phi) is 5.29. The first-order valence-corrected chi connectivity index (χ1v) is 9.41. The van der Waals surface area contributed by atoms with Crippen LogP contribution in [0.3, 0.4) is 0 Å². The van der Waals surface area contributed by atoms with Crippen molar-refractivity contribution in [2.75, 3.05) is 5.73 Å². The van der Waals surface area contributed by atoms with Gasteiger partial charge in [-0.2, -0.15) is 0 Å². The molecule has 0 atom stereocenters. The van der Waals surface area contributed by atoms with Crippen molar-refractivity contribution in [2.24, 2.45) is 0 Å². The summed E-state index contributed by atoms with van der Waals surface area (Å²) in [5.41, 5.74) is 7.73. The first-order chi connectivity index (χ1) is 14.0. The maximum absolute atomic E-state index is 12.7. The normalized spacial score (nSPS) is 10.8. The fraction of sp³-hybridized carbons (Fsp3) is 0.0476. The van der Waals surface area contributed by atoms with E-state index < -0.39 is 5.91 Å². The van der Waals surface area contributed by atoms with Gasteiger partial charge < -0.3 is 20.0 Å². The number of halogens is 2. The number of furan rings is 1. The monoisotopic (exact) mass is 427 g/mol. The second kappa shape index (κ2) is 8.03. The second-order valence-electron chi connectivity index (χ2n) is 6.22. The van der Waals surface area contributed by atoms with Crippen LogP contribution >= 0.6 is 23.2 Å². The predicted molar refractivity (Wildman–Crippen MR) is 112 cm³/mol. The summed E-state index contributed by atoms with van der Waals surface area (Å²) in [6.45, 7) is 0.231. The summed E-state index contributed by atoms with van der Waals surface area (Å²) < 4.78 is 10.9. The van der Waals surface area contributed by atoms with E-state index in [1.54, 1.807) is 30.3 Å². The number of nitrogens with zero attached hydrogens (tertiary/aromatic N) is 1. The van der Waals surface area contributed by atoms with E-state index in [0.29, 0.717) is 21.6 Å². The highest BCUT2D eigenvalue weighted by Crippen LogP contribution is 2.32. The van der Waals surface area contributed by atoms with E-state index in [9.17, 15) is 4.79 Å². The van der Waals surface area contributed by atoms with Gasteiger partial charge in [-0.15, -0.1) is 0 Å². The van der Waals surface area contributed by atoms with Crippen molar-refractivity contribution in [1.29, 1.82) is 0 Å². The van der Waals surface area contributed by atoms with Crippen molar-refractivity contribution in [3.05, 3.63) is 81.8 Å². The molecule has 2 aromatic carbocycles. The smallest absolute Gasteiger partial charge is 0.259 e. The number of nitrogen functional groups attached to an aromatic ring is 1. The van der Waals surface area contributed by atoms with E-state index in [0.717, 1.165) is 11.1 Å². The van der Waals surface area contributed by atoms with Crippen LogP contribution in [0.4, 0.5) is 5.88 Å². The molecule has 1 amide bonds. The molecule has 2 aromatic heterocycles. The number of rotatable bonds is 5. The fourth-order valence-corrected chi connectivity index (χ4v) is 3.25. The largest absolute Gasteiger partial charge is 0.454 e. The zero-order valence-electron chi connectivity index (χ0n) is 15.0. The molecule has 0 aliphatic rings. The molecule has 29 heavy (non-hydrogen) atoms. The number of hydrogen-bond donors (Lipinski definition) is 2. The summed E-state index contributed by atoms with van der Waals surface area (Å²) in [7, 11) is 0. The van der Waals surface area contributed by atoms with E-state index in [1.807, 2.05) is 30.3 Å². The van der Waals surface area contributed by atoms with Crippen LogP contribution in [0.1, 0.15) is 15.9 Å². The Morgan fingerprint density at radius 1 is 1.03 bits per heavy atom. The van der Waals surface area contributed by atoms with Gasteiger partial charge in [0.15, 0.2) is 11.5 Å². The van der Waals surface area contributed by atoms with E-state index in [2.05, 4.69) is 10.5 Å². The molecule has 0 aliphatic carbocycles. The molecule has 0 fully saturated rings. The Morgan fingerprint density at radius 3 is 2.62 bits per heavy atom. The summed E-state index contributed by atoms with van der Waals surface area (Å²) >= 11 is 12.2. The van der Waals surface area contributed by atoms with E-state index >= 15 is 0 Å². The molecule has 2 heterocycles. The Labute approximate surface area is 176 Å². The summed E-state index contributed by atoms with van der Waals surface area (Å²) in [4.78, 5) is 12.7. The molecular formula is C21H15Cl2N3O3. The molecule has 8 heteroatoms. The van der Waals surface area contributed by atoms with Crippen LogP contribution in [-0.2, 0) is 6.54 Å². The quantitative estimate of drug-likeness (QED) is 0.443. The standard InChI is InChI=1S/C21H15Cl2N3O3/c22-14-6-3-5-12(10-14)16-8-9-17(28-16)19-18(20(24)29-26-19)21(27)25-11-13-4-1-2-7-15(13)23/h1-10H,11,24H2,(H,25,27). The third-order valence-corrected chi connectivity index (χ3v) is 4.90. The average Bonchev–Trinajstić information content (AvgIpc) is 3.34. The molecule has 146 valence electrons. The van der Waals surface area contributed by atoms with Crippen molar-refractivity contribution >= 4 is 35.0 Å². The number of carbonyl (C=O) groups excluding carboxylic acids is 1. The molecule has 0 bridgehead atoms. The van der Waals surface area contributed by atoms with Crippen LogP contribution in [0.5, 0.6) is 0 Å². The second-order valence-corrected chi connectivity index (χ2v) is 7.06. The lowest BCUT2D eigenvalue weighted by atomic mass is 10.1. The molecule has 4 rings (SSSR count). The molecule has 6 nitrogen and oxygen atoms in total. The number of hydrogen-bond acceptors (Lipinski definition) is 5. The van der Waals surface area contributed by atoms with E-state index in [1.165, 1.54) is 0 Å². The van der Waals surface area contributed by atoms with Gasteiger partial charge in [-0.25, -0.2) is 0 Å². The number of anilines is 1. The van der Waals surface area contributed by atoms with Crippen LogP contribution in [0, 0.1) is 0 Å². The Hall–Kier alpha value is -3.22. The first kappa shape index (κ1) is 19.1. The molecule has 4 aromatic rings. The van der Waals surface area contributed by atoms with Crippen molar-refractivity contribution in [1.82, 2.24) is 10.5 Å². The number of nitrogens with two attached hydrogens (primary N) is 1. The minimum atomic E-state index is -0.445. The molecule has 0 aliphatic heterocycles. The van der Waals surface area contributed by atoms with Gasteiger partial charge in [-0.1, -0.05) is 58.7 Å². The summed E-state index contributed by atoms with van der Waals surface area (Å²) in [5, 5.41) is 7.82. The zero-order chi connectivity index (χ0) is 20.4. The van der Waals surface area contributed by atoms with Crippen molar-refractivity contribution in [3.8, 4) is 22.8 Å². The van der Waals surface area contributed by atoms with E-state index in [4.69, 9.17) is 37.9 Å². The van der Waals surface area contributed by atoms with Crippen molar-refractivity contribution < 1.29 is 13.7 Å². The predicted octanol–water partition coefficient (Wildman–Crippen LogP) is 5.42. The van der Waals surface area contributed by atoms with Gasteiger partial charge in [0.25, 0.3) is 5.91 Å². The highest BCUT2D eigenvalue weighted by atomic mass is 35.5. The van der Waals surface area contributed by atoms with Crippen molar-refractivity contribution in [2.45, 2.75) is 6.54 Å². The Bertz CT molecular complexity index is 1180. The topological polar surface area (TPSA) is 94.3 Å². The first-order valence-electron chi connectivity index (χ1n) is 8.66. The van der Waals surface area contributed by atoms with Crippen LogP contribution < -0.4 is 11.1 Å². The van der Waals surface area contributed by atoms with Gasteiger partial charge in [0.05, 0.1) is 0 Å². The molecule has 0 radical (unpaired) electrons. The molecule has 0 saturated heterocycles. The van der Waals surface area contributed by atoms with Gasteiger partial charge in [0, 0.05) is 22.2 Å². The number of carbonyl (C=O) groups is 1. The fourth-order valence-electron chi connectivity index (χ4n) is 2.86. The minimum absolute atomic E-state index is 0.0997. The number of amides is 1. The number of aromatic nitrogens is 1. The molecular weight excluding hydrogens is 413 g/mol. The molecule has 3 N–H and O–H groups in total. The Morgan fingerprint density at radius 2 is 1.83 bits per heavy atom. The van der Waals surface area contributed by atoms with Gasteiger partial charge >= 0.3 is 0 Å². The lowest BCUT2D eigenvalue weighted by molar-refractivity contribution is 0.0952. The van der Waals surface area contributed by atoms with Crippen molar-refractivity contribution in [3.63, 3.8) is 0 Å².